The summed E-state index contributed by atoms with van der Waals surface area (Å²) in [5, 5.41) is 16.7. The number of H-pyrrole nitrogens is 2. The van der Waals surface area contributed by atoms with Crippen LogP contribution in [0.3, 0.4) is 0 Å². The van der Waals surface area contributed by atoms with E-state index >= 15 is 0 Å². The van der Waals surface area contributed by atoms with Gasteiger partial charge < -0.3 is 0 Å². The fraction of sp³-hybridized carbons (Fsp3) is 0.500. The normalized spacial score (nSPS) is 9.59. The summed E-state index contributed by atoms with van der Waals surface area (Å²) in [5.74, 6) is 0.764. The second kappa shape index (κ2) is 5.68. The van der Waals surface area contributed by atoms with Crippen LogP contribution < -0.4 is 11.2 Å². The molecule has 0 saturated carbocycles. The van der Waals surface area contributed by atoms with Gasteiger partial charge in [-0.2, -0.15) is 10.3 Å². The lowest BCUT2D eigenvalue weighted by molar-refractivity contribution is 0.650. The molecule has 0 amide bonds. The number of aryl methyl sites for hydroxylation is 3. The zero-order valence-electron chi connectivity index (χ0n) is 9.76. The van der Waals surface area contributed by atoms with Gasteiger partial charge in [-0.25, -0.2) is 9.48 Å². The third-order valence-corrected chi connectivity index (χ3v) is 1.85. The van der Waals surface area contributed by atoms with E-state index < -0.39 is 11.2 Å². The van der Waals surface area contributed by atoms with E-state index in [2.05, 4.69) is 30.7 Å². The number of rotatable bonds is 1. The Morgan fingerprint density at radius 3 is 2.47 bits per heavy atom. The zero-order chi connectivity index (χ0) is 12.8. The minimum absolute atomic E-state index is 0.294. The molecule has 17 heavy (non-hydrogen) atoms. The van der Waals surface area contributed by atoms with Crippen LogP contribution in [0.2, 0.25) is 0 Å². The molecule has 0 aliphatic carbocycles. The van der Waals surface area contributed by atoms with Crippen LogP contribution >= 0.6 is 0 Å². The number of hydrogen-bond donors (Lipinski definition) is 2. The Labute approximate surface area is 95.9 Å². The highest BCUT2D eigenvalue weighted by Crippen LogP contribution is 1.79. The molecule has 0 unspecified atom stereocenters. The molecule has 2 N–H and O–H groups in total. The number of nitrogens with one attached hydrogen (secondary N) is 2. The van der Waals surface area contributed by atoms with Gasteiger partial charge in [0, 0.05) is 13.5 Å². The van der Waals surface area contributed by atoms with Crippen molar-refractivity contribution < 1.29 is 0 Å². The fourth-order valence-electron chi connectivity index (χ4n) is 0.917. The summed E-state index contributed by atoms with van der Waals surface area (Å²) in [7, 11) is 1.48. The highest BCUT2D eigenvalue weighted by Gasteiger charge is 1.95. The van der Waals surface area contributed by atoms with E-state index in [0.717, 1.165) is 16.9 Å². The molecule has 0 bridgehead atoms. The van der Waals surface area contributed by atoms with Crippen molar-refractivity contribution in [1.82, 2.24) is 35.4 Å². The summed E-state index contributed by atoms with van der Waals surface area (Å²) in [6.45, 7) is 3.52. The largest absolute Gasteiger partial charge is 0.344 e. The maximum absolute atomic E-state index is 10.7. The molecule has 0 aromatic carbocycles. The fourth-order valence-corrected chi connectivity index (χ4v) is 0.917. The molecule has 0 saturated heterocycles. The molecule has 9 heteroatoms. The second-order valence-corrected chi connectivity index (χ2v) is 3.15. The SMILES string of the molecule is CCc1nn[nH]n1.Cc1nn(C)c(=O)[nH]c1=O. The highest BCUT2D eigenvalue weighted by atomic mass is 16.2. The van der Waals surface area contributed by atoms with Crippen molar-refractivity contribution in [3.8, 4) is 0 Å². The van der Waals surface area contributed by atoms with Gasteiger partial charge in [-0.1, -0.05) is 12.1 Å². The highest BCUT2D eigenvalue weighted by molar-refractivity contribution is 4.87. The van der Waals surface area contributed by atoms with E-state index in [1.807, 2.05) is 6.92 Å². The summed E-state index contributed by atoms with van der Waals surface area (Å²) in [6.07, 6.45) is 0.844. The van der Waals surface area contributed by atoms with Gasteiger partial charge in [0.05, 0.1) is 0 Å². The maximum atomic E-state index is 10.7. The molecule has 2 heterocycles. The van der Waals surface area contributed by atoms with E-state index in [0.29, 0.717) is 5.69 Å². The van der Waals surface area contributed by atoms with E-state index in [9.17, 15) is 9.59 Å². The summed E-state index contributed by atoms with van der Waals surface area (Å²) in [4.78, 5) is 23.4. The molecule has 2 aromatic rings. The van der Waals surface area contributed by atoms with E-state index in [4.69, 9.17) is 0 Å². The quantitative estimate of drug-likeness (QED) is 0.627. The van der Waals surface area contributed by atoms with Crippen molar-refractivity contribution in [2.45, 2.75) is 20.3 Å². The molecule has 0 atom stereocenters. The van der Waals surface area contributed by atoms with Crippen LogP contribution in [0.25, 0.3) is 0 Å². The Balaban J connectivity index is 0.000000181. The Hall–Kier alpha value is -2.32. The number of aromatic amines is 2. The lowest BCUT2D eigenvalue weighted by Gasteiger charge is -1.93. The van der Waals surface area contributed by atoms with Crippen LogP contribution in [0.1, 0.15) is 18.4 Å². The first-order valence-electron chi connectivity index (χ1n) is 4.91. The molecule has 2 aromatic heterocycles. The molecule has 9 nitrogen and oxygen atoms in total. The first-order valence-corrected chi connectivity index (χ1v) is 4.91. The Kier molecular flexibility index (Phi) is 4.26. The van der Waals surface area contributed by atoms with E-state index in [1.165, 1.54) is 14.0 Å². The van der Waals surface area contributed by atoms with Gasteiger partial charge in [-0.05, 0) is 6.92 Å². The lowest BCUT2D eigenvalue weighted by atomic mass is 10.5. The predicted molar refractivity (Wildman–Crippen MR) is 58.4 cm³/mol. The van der Waals surface area contributed by atoms with Gasteiger partial charge in [0.25, 0.3) is 5.56 Å². The van der Waals surface area contributed by atoms with Crippen molar-refractivity contribution in [3.05, 3.63) is 32.4 Å². The Morgan fingerprint density at radius 2 is 2.06 bits per heavy atom. The van der Waals surface area contributed by atoms with Crippen molar-refractivity contribution in [2.75, 3.05) is 0 Å². The van der Waals surface area contributed by atoms with Gasteiger partial charge in [0.1, 0.15) is 5.69 Å². The summed E-state index contributed by atoms with van der Waals surface area (Å²) >= 11 is 0. The number of aromatic nitrogens is 7. The van der Waals surface area contributed by atoms with Crippen LogP contribution in [-0.4, -0.2) is 35.4 Å². The molecular weight excluding hydrogens is 226 g/mol. The minimum Gasteiger partial charge on any atom is -0.271 e. The molecule has 0 aliphatic heterocycles. The summed E-state index contributed by atoms with van der Waals surface area (Å²) in [5.41, 5.74) is -0.624. The standard InChI is InChI=1S/C5H7N3O2.C3H6N4/c1-3-4(9)6-5(10)8(2)7-3;1-2-3-4-6-7-5-3/h1-2H3,(H,6,9,10);2H2,1H3,(H,4,5,6,7). The molecule has 0 aliphatic rings. The Morgan fingerprint density at radius 1 is 1.35 bits per heavy atom. The second-order valence-electron chi connectivity index (χ2n) is 3.15. The van der Waals surface area contributed by atoms with Gasteiger partial charge in [-0.15, -0.1) is 10.2 Å². The van der Waals surface area contributed by atoms with Crippen molar-refractivity contribution in [3.63, 3.8) is 0 Å². The minimum atomic E-state index is -0.490. The molecule has 0 radical (unpaired) electrons. The first kappa shape index (κ1) is 12.7. The number of nitrogens with zero attached hydrogens (tertiary/aromatic N) is 5. The Bertz CT molecular complexity index is 537. The third-order valence-electron chi connectivity index (χ3n) is 1.85. The third kappa shape index (κ3) is 3.63. The molecule has 0 spiro atoms. The maximum Gasteiger partial charge on any atom is 0.344 e. The molecule has 0 fully saturated rings. The zero-order valence-corrected chi connectivity index (χ0v) is 9.76. The molecule has 92 valence electrons. The van der Waals surface area contributed by atoms with Gasteiger partial charge in [0.15, 0.2) is 5.82 Å². The van der Waals surface area contributed by atoms with Crippen molar-refractivity contribution in [1.29, 1.82) is 0 Å². The van der Waals surface area contributed by atoms with Crippen LogP contribution in [0.15, 0.2) is 9.59 Å². The topological polar surface area (TPSA) is 122 Å². The van der Waals surface area contributed by atoms with Crippen LogP contribution in [0.4, 0.5) is 0 Å². The number of tetrazole rings is 1. The van der Waals surface area contributed by atoms with Crippen molar-refractivity contribution >= 4 is 0 Å². The van der Waals surface area contributed by atoms with Crippen LogP contribution in [0.5, 0.6) is 0 Å². The lowest BCUT2D eigenvalue weighted by Crippen LogP contribution is -2.31. The van der Waals surface area contributed by atoms with Gasteiger partial charge >= 0.3 is 5.69 Å². The predicted octanol–water partition coefficient (Wildman–Crippen LogP) is -1.46. The molecule has 2 rings (SSSR count). The first-order chi connectivity index (χ1) is 8.04. The van der Waals surface area contributed by atoms with Gasteiger partial charge in [0.2, 0.25) is 0 Å². The summed E-state index contributed by atoms with van der Waals surface area (Å²) < 4.78 is 1.08. The van der Waals surface area contributed by atoms with E-state index in [-0.39, 0.29) is 0 Å². The van der Waals surface area contributed by atoms with E-state index in [1.54, 1.807) is 0 Å². The van der Waals surface area contributed by atoms with Crippen LogP contribution in [0, 0.1) is 6.92 Å². The number of hydrogen-bond acceptors (Lipinski definition) is 6. The van der Waals surface area contributed by atoms with Crippen LogP contribution in [-0.2, 0) is 13.5 Å². The van der Waals surface area contributed by atoms with Gasteiger partial charge in [-0.3, -0.25) is 9.78 Å². The average Bonchev–Trinajstić information content (AvgIpc) is 2.80. The average molecular weight is 239 g/mol. The smallest absolute Gasteiger partial charge is 0.271 e. The monoisotopic (exact) mass is 239 g/mol. The molecular formula is C8H13N7O2. The summed E-state index contributed by atoms with van der Waals surface area (Å²) in [6, 6.07) is 0. The van der Waals surface area contributed by atoms with Crippen molar-refractivity contribution in [2.24, 2.45) is 7.05 Å².